The minimum atomic E-state index is 0.331. The van der Waals surface area contributed by atoms with Gasteiger partial charge in [-0.1, -0.05) is 0 Å². The van der Waals surface area contributed by atoms with Crippen LogP contribution in [0.15, 0.2) is 43.0 Å². The van der Waals surface area contributed by atoms with Gasteiger partial charge < -0.3 is 20.1 Å². The quantitative estimate of drug-likeness (QED) is 0.496. The van der Waals surface area contributed by atoms with Gasteiger partial charge in [-0.15, -0.1) is 0 Å². The van der Waals surface area contributed by atoms with Crippen molar-refractivity contribution >= 4 is 16.9 Å². The van der Waals surface area contributed by atoms with Crippen LogP contribution in [0.3, 0.4) is 0 Å². The number of rotatable bonds is 6. The van der Waals surface area contributed by atoms with Crippen LogP contribution in [-0.2, 0) is 7.05 Å². The molecule has 160 valence electrons. The molecule has 0 bridgehead atoms. The standard InChI is InChI=1S/C22H25N7O2/c1-28-12-14(10-25-28)16-8-18-17(9-20(16)31-3)24-13-29(18)21-5-4-19(30-2)22(27-21)26-15-6-7-23-11-15/h4-5,8-10,12-13,15,23H,6-7,11H2,1-3H3,(H,26,27). The van der Waals surface area contributed by atoms with Gasteiger partial charge >= 0.3 is 0 Å². The first-order chi connectivity index (χ1) is 15.2. The van der Waals surface area contributed by atoms with Gasteiger partial charge in [-0.3, -0.25) is 9.25 Å². The highest BCUT2D eigenvalue weighted by molar-refractivity contribution is 5.87. The molecule has 1 atom stereocenters. The van der Waals surface area contributed by atoms with Crippen LogP contribution in [-0.4, -0.2) is 57.7 Å². The molecule has 0 spiro atoms. The molecule has 1 unspecified atom stereocenters. The highest BCUT2D eigenvalue weighted by atomic mass is 16.5. The second-order valence-corrected chi connectivity index (χ2v) is 7.61. The number of methoxy groups -OCH3 is 2. The van der Waals surface area contributed by atoms with E-state index in [1.54, 1.807) is 25.2 Å². The smallest absolute Gasteiger partial charge is 0.171 e. The minimum Gasteiger partial charge on any atom is -0.496 e. The second kappa shape index (κ2) is 7.92. The Labute approximate surface area is 180 Å². The van der Waals surface area contributed by atoms with Crippen molar-refractivity contribution in [2.45, 2.75) is 12.5 Å². The molecule has 0 amide bonds. The van der Waals surface area contributed by atoms with E-state index in [4.69, 9.17) is 14.5 Å². The van der Waals surface area contributed by atoms with Gasteiger partial charge in [0.05, 0.1) is 31.4 Å². The Hall–Kier alpha value is -3.59. The topological polar surface area (TPSA) is 91.1 Å². The number of anilines is 1. The summed E-state index contributed by atoms with van der Waals surface area (Å²) in [5, 5.41) is 11.2. The summed E-state index contributed by atoms with van der Waals surface area (Å²) in [6, 6.07) is 8.22. The highest BCUT2D eigenvalue weighted by Gasteiger charge is 2.19. The Morgan fingerprint density at radius 2 is 2.03 bits per heavy atom. The summed E-state index contributed by atoms with van der Waals surface area (Å²) in [5.41, 5.74) is 3.70. The summed E-state index contributed by atoms with van der Waals surface area (Å²) >= 11 is 0. The number of aryl methyl sites for hydroxylation is 1. The van der Waals surface area contributed by atoms with Crippen molar-refractivity contribution in [3.05, 3.63) is 43.0 Å². The molecule has 3 aromatic heterocycles. The molecule has 0 radical (unpaired) electrons. The Kier molecular flexibility index (Phi) is 4.95. The van der Waals surface area contributed by atoms with Gasteiger partial charge in [-0.05, 0) is 31.2 Å². The average molecular weight is 419 g/mol. The molecule has 1 fully saturated rings. The largest absolute Gasteiger partial charge is 0.496 e. The zero-order valence-electron chi connectivity index (χ0n) is 17.8. The van der Waals surface area contributed by atoms with Crippen molar-refractivity contribution in [3.63, 3.8) is 0 Å². The maximum Gasteiger partial charge on any atom is 0.171 e. The molecule has 1 aliphatic heterocycles. The molecule has 2 N–H and O–H groups in total. The van der Waals surface area contributed by atoms with Crippen LogP contribution in [0, 0.1) is 0 Å². The summed E-state index contributed by atoms with van der Waals surface area (Å²) in [6.07, 6.45) is 6.63. The van der Waals surface area contributed by atoms with Crippen molar-refractivity contribution in [2.75, 3.05) is 32.6 Å². The van der Waals surface area contributed by atoms with E-state index in [1.807, 2.05) is 42.2 Å². The summed E-state index contributed by atoms with van der Waals surface area (Å²) < 4.78 is 14.9. The summed E-state index contributed by atoms with van der Waals surface area (Å²) in [5.74, 6) is 2.97. The van der Waals surface area contributed by atoms with Crippen LogP contribution in [0.4, 0.5) is 5.82 Å². The number of ether oxygens (including phenoxy) is 2. The molecule has 5 rings (SSSR count). The number of pyridine rings is 1. The van der Waals surface area contributed by atoms with E-state index in [-0.39, 0.29) is 0 Å². The lowest BCUT2D eigenvalue weighted by Crippen LogP contribution is -2.23. The van der Waals surface area contributed by atoms with E-state index in [9.17, 15) is 0 Å². The molecule has 9 heteroatoms. The first-order valence-corrected chi connectivity index (χ1v) is 10.2. The number of aromatic nitrogens is 5. The van der Waals surface area contributed by atoms with Crippen molar-refractivity contribution in [1.82, 2.24) is 29.6 Å². The van der Waals surface area contributed by atoms with Crippen LogP contribution in [0.5, 0.6) is 11.5 Å². The monoisotopic (exact) mass is 419 g/mol. The molecular weight excluding hydrogens is 394 g/mol. The molecule has 1 aromatic carbocycles. The van der Waals surface area contributed by atoms with Crippen LogP contribution < -0.4 is 20.1 Å². The van der Waals surface area contributed by atoms with E-state index in [1.165, 1.54) is 0 Å². The zero-order chi connectivity index (χ0) is 21.4. The van der Waals surface area contributed by atoms with Gasteiger partial charge in [-0.2, -0.15) is 5.10 Å². The fourth-order valence-corrected chi connectivity index (χ4v) is 3.98. The lowest BCUT2D eigenvalue weighted by Gasteiger charge is -2.16. The molecule has 9 nitrogen and oxygen atoms in total. The van der Waals surface area contributed by atoms with Gasteiger partial charge in [-0.25, -0.2) is 9.97 Å². The normalized spacial score (nSPS) is 16.0. The molecule has 31 heavy (non-hydrogen) atoms. The lowest BCUT2D eigenvalue weighted by molar-refractivity contribution is 0.414. The van der Waals surface area contributed by atoms with Gasteiger partial charge in [0.2, 0.25) is 0 Å². The van der Waals surface area contributed by atoms with Crippen molar-refractivity contribution < 1.29 is 9.47 Å². The zero-order valence-corrected chi connectivity index (χ0v) is 17.8. The lowest BCUT2D eigenvalue weighted by atomic mass is 10.1. The Morgan fingerprint density at radius 3 is 2.74 bits per heavy atom. The molecule has 4 aromatic rings. The Balaban J connectivity index is 1.60. The van der Waals surface area contributed by atoms with E-state index in [0.29, 0.717) is 6.04 Å². The molecule has 0 aliphatic carbocycles. The van der Waals surface area contributed by atoms with E-state index in [2.05, 4.69) is 26.8 Å². The van der Waals surface area contributed by atoms with Crippen LogP contribution in [0.25, 0.3) is 28.0 Å². The number of benzene rings is 1. The van der Waals surface area contributed by atoms with Crippen molar-refractivity contribution in [2.24, 2.45) is 7.05 Å². The molecule has 1 aliphatic rings. The van der Waals surface area contributed by atoms with Crippen LogP contribution >= 0.6 is 0 Å². The van der Waals surface area contributed by atoms with Gasteiger partial charge in [0.15, 0.2) is 11.6 Å². The number of nitrogens with zero attached hydrogens (tertiary/aromatic N) is 5. The maximum absolute atomic E-state index is 5.62. The highest BCUT2D eigenvalue weighted by Crippen LogP contribution is 2.35. The predicted molar refractivity (Wildman–Crippen MR) is 119 cm³/mol. The maximum atomic E-state index is 5.62. The predicted octanol–water partition coefficient (Wildman–Crippen LogP) is 2.61. The fourth-order valence-electron chi connectivity index (χ4n) is 3.98. The van der Waals surface area contributed by atoms with Crippen molar-refractivity contribution in [1.29, 1.82) is 0 Å². The van der Waals surface area contributed by atoms with E-state index >= 15 is 0 Å². The van der Waals surface area contributed by atoms with E-state index in [0.717, 1.165) is 64.8 Å². The number of imidazole rings is 1. The third-order valence-corrected chi connectivity index (χ3v) is 5.60. The van der Waals surface area contributed by atoms with Crippen molar-refractivity contribution in [3.8, 4) is 28.4 Å². The molecule has 1 saturated heterocycles. The minimum absolute atomic E-state index is 0.331. The molecule has 4 heterocycles. The number of hydrogen-bond donors (Lipinski definition) is 2. The second-order valence-electron chi connectivity index (χ2n) is 7.61. The van der Waals surface area contributed by atoms with Gasteiger partial charge in [0, 0.05) is 43.0 Å². The average Bonchev–Trinajstić information content (AvgIpc) is 3.53. The third kappa shape index (κ3) is 3.57. The van der Waals surface area contributed by atoms with E-state index < -0.39 is 0 Å². The summed E-state index contributed by atoms with van der Waals surface area (Å²) in [6.45, 7) is 1.92. The third-order valence-electron chi connectivity index (χ3n) is 5.60. The summed E-state index contributed by atoms with van der Waals surface area (Å²) in [4.78, 5) is 9.44. The number of nitrogens with one attached hydrogen (secondary N) is 2. The van der Waals surface area contributed by atoms with Gasteiger partial charge in [0.25, 0.3) is 0 Å². The number of hydrogen-bond acceptors (Lipinski definition) is 7. The van der Waals surface area contributed by atoms with Crippen LogP contribution in [0.2, 0.25) is 0 Å². The number of fused-ring (bicyclic) bond motifs is 1. The van der Waals surface area contributed by atoms with Crippen LogP contribution in [0.1, 0.15) is 6.42 Å². The molecule has 0 saturated carbocycles. The summed E-state index contributed by atoms with van der Waals surface area (Å²) in [7, 11) is 5.22. The Morgan fingerprint density at radius 1 is 1.16 bits per heavy atom. The fraction of sp³-hybridized carbons (Fsp3) is 0.318. The molecular formula is C22H25N7O2. The first-order valence-electron chi connectivity index (χ1n) is 10.2. The SMILES string of the molecule is COc1cc2ncn(-c3ccc(OC)c(NC4CCNC4)n3)c2cc1-c1cnn(C)c1. The first kappa shape index (κ1) is 19.4. The Bertz CT molecular complexity index is 1220. The van der Waals surface area contributed by atoms with Gasteiger partial charge in [0.1, 0.15) is 17.9 Å².